The maximum atomic E-state index is 11.5. The van der Waals surface area contributed by atoms with Crippen molar-refractivity contribution in [2.45, 2.75) is 51.5 Å². The molecule has 13 heavy (non-hydrogen) atoms. The van der Waals surface area contributed by atoms with Gasteiger partial charge in [0.2, 0.25) is 5.91 Å². The summed E-state index contributed by atoms with van der Waals surface area (Å²) in [6.07, 6.45) is 7.07. The van der Waals surface area contributed by atoms with Crippen LogP contribution in [0.25, 0.3) is 0 Å². The van der Waals surface area contributed by atoms with Crippen LogP contribution in [0.5, 0.6) is 0 Å². The second-order valence-corrected chi connectivity index (χ2v) is 4.92. The topological polar surface area (TPSA) is 20.3 Å². The zero-order valence-corrected chi connectivity index (χ0v) is 8.68. The molecular weight excluding hydrogens is 162 g/mol. The van der Waals surface area contributed by atoms with Gasteiger partial charge in [-0.25, -0.2) is 0 Å². The molecule has 1 amide bonds. The van der Waals surface area contributed by atoms with Crippen LogP contribution >= 0.6 is 0 Å². The Morgan fingerprint density at radius 3 is 2.92 bits per heavy atom. The minimum atomic E-state index is 0.351. The fraction of sp³-hybridized carbons (Fsp3) is 0.909. The van der Waals surface area contributed by atoms with Crippen LogP contribution in [-0.4, -0.2) is 23.9 Å². The highest BCUT2D eigenvalue weighted by atomic mass is 16.2. The summed E-state index contributed by atoms with van der Waals surface area (Å²) in [5, 5.41) is 0. The van der Waals surface area contributed by atoms with Crippen LogP contribution in [0.15, 0.2) is 0 Å². The van der Waals surface area contributed by atoms with E-state index in [9.17, 15) is 4.79 Å². The quantitative estimate of drug-likeness (QED) is 0.561. The zero-order valence-electron chi connectivity index (χ0n) is 8.68. The van der Waals surface area contributed by atoms with Gasteiger partial charge in [0.05, 0.1) is 0 Å². The second-order valence-electron chi connectivity index (χ2n) is 4.92. The van der Waals surface area contributed by atoms with E-state index in [1.165, 1.54) is 25.7 Å². The molecule has 0 N–H and O–H groups in total. The van der Waals surface area contributed by atoms with Crippen LogP contribution in [0.3, 0.4) is 0 Å². The molecule has 1 saturated carbocycles. The molecule has 2 aliphatic rings. The number of carbonyl (C=O) groups is 1. The predicted molar refractivity (Wildman–Crippen MR) is 52.4 cm³/mol. The van der Waals surface area contributed by atoms with Crippen LogP contribution in [0, 0.1) is 5.41 Å². The summed E-state index contributed by atoms with van der Waals surface area (Å²) < 4.78 is 0. The molecule has 0 aromatic carbocycles. The second kappa shape index (κ2) is 3.00. The van der Waals surface area contributed by atoms with Gasteiger partial charge in [0.15, 0.2) is 0 Å². The largest absolute Gasteiger partial charge is 0.342 e. The summed E-state index contributed by atoms with van der Waals surface area (Å²) in [5.41, 5.74) is 0.431. The van der Waals surface area contributed by atoms with Gasteiger partial charge in [-0.05, 0) is 24.7 Å². The van der Waals surface area contributed by atoms with Crippen molar-refractivity contribution in [2.75, 3.05) is 7.05 Å². The molecule has 2 unspecified atom stereocenters. The lowest BCUT2D eigenvalue weighted by Gasteiger charge is -2.49. The first-order chi connectivity index (χ1) is 6.13. The van der Waals surface area contributed by atoms with E-state index >= 15 is 0 Å². The van der Waals surface area contributed by atoms with Crippen molar-refractivity contribution in [3.63, 3.8) is 0 Å². The van der Waals surface area contributed by atoms with Gasteiger partial charge in [-0.2, -0.15) is 0 Å². The Morgan fingerprint density at radius 2 is 2.15 bits per heavy atom. The Morgan fingerprint density at radius 1 is 1.38 bits per heavy atom. The lowest BCUT2D eigenvalue weighted by atomic mass is 9.66. The highest BCUT2D eigenvalue weighted by Gasteiger charge is 2.43. The number of piperidine rings is 1. The van der Waals surface area contributed by atoms with Gasteiger partial charge >= 0.3 is 0 Å². The van der Waals surface area contributed by atoms with Crippen molar-refractivity contribution in [1.29, 1.82) is 0 Å². The number of rotatable bonds is 0. The van der Waals surface area contributed by atoms with Gasteiger partial charge in [0.1, 0.15) is 0 Å². The van der Waals surface area contributed by atoms with E-state index in [4.69, 9.17) is 0 Å². The average molecular weight is 181 g/mol. The molecule has 1 saturated heterocycles. The van der Waals surface area contributed by atoms with Crippen molar-refractivity contribution in [1.82, 2.24) is 4.90 Å². The molecule has 2 heteroatoms. The van der Waals surface area contributed by atoms with E-state index < -0.39 is 0 Å². The fourth-order valence-corrected chi connectivity index (χ4v) is 3.08. The predicted octanol–water partition coefficient (Wildman–Crippen LogP) is 2.19. The molecule has 74 valence electrons. The normalized spacial score (nSPS) is 40.3. The van der Waals surface area contributed by atoms with Crippen LogP contribution < -0.4 is 0 Å². The van der Waals surface area contributed by atoms with Gasteiger partial charge in [0, 0.05) is 19.5 Å². The summed E-state index contributed by atoms with van der Waals surface area (Å²) in [6, 6.07) is 0.530. The number of hydrogen-bond acceptors (Lipinski definition) is 1. The molecule has 0 radical (unpaired) electrons. The van der Waals surface area contributed by atoms with E-state index in [0.717, 1.165) is 12.8 Å². The first kappa shape index (κ1) is 9.04. The van der Waals surface area contributed by atoms with E-state index in [0.29, 0.717) is 17.4 Å². The van der Waals surface area contributed by atoms with Gasteiger partial charge < -0.3 is 4.90 Å². The number of fused-ring (bicyclic) bond motifs is 1. The maximum absolute atomic E-state index is 11.5. The molecule has 1 aliphatic carbocycles. The molecule has 0 aromatic rings. The van der Waals surface area contributed by atoms with Crippen molar-refractivity contribution in [2.24, 2.45) is 5.41 Å². The molecule has 2 atom stereocenters. The van der Waals surface area contributed by atoms with Crippen LogP contribution in [0.2, 0.25) is 0 Å². The zero-order chi connectivity index (χ0) is 9.47. The molecule has 0 spiro atoms. The first-order valence-electron chi connectivity index (χ1n) is 5.39. The Bertz CT molecular complexity index is 226. The standard InChI is InChI=1S/C11H19NO/c1-11-7-4-3-5-9(11)12(2)10(13)6-8-11/h9H,3-8H2,1-2H3. The smallest absolute Gasteiger partial charge is 0.222 e. The number of carbonyl (C=O) groups excluding carboxylic acids is 1. The van der Waals surface area contributed by atoms with E-state index in [1.54, 1.807) is 0 Å². The summed E-state index contributed by atoms with van der Waals surface area (Å²) in [7, 11) is 1.98. The molecule has 0 aromatic heterocycles. The van der Waals surface area contributed by atoms with Crippen molar-refractivity contribution >= 4 is 5.91 Å². The Hall–Kier alpha value is -0.530. The highest BCUT2D eigenvalue weighted by Crippen LogP contribution is 2.45. The van der Waals surface area contributed by atoms with E-state index in [-0.39, 0.29) is 0 Å². The van der Waals surface area contributed by atoms with Crippen molar-refractivity contribution in [3.05, 3.63) is 0 Å². The first-order valence-corrected chi connectivity index (χ1v) is 5.39. The summed E-state index contributed by atoms with van der Waals surface area (Å²) >= 11 is 0. The number of hydrogen-bond donors (Lipinski definition) is 0. The monoisotopic (exact) mass is 181 g/mol. The van der Waals surface area contributed by atoms with Crippen LogP contribution in [0.1, 0.15) is 45.4 Å². The van der Waals surface area contributed by atoms with Crippen molar-refractivity contribution < 1.29 is 4.79 Å². The lowest BCUT2D eigenvalue weighted by molar-refractivity contribution is -0.142. The number of nitrogens with zero attached hydrogens (tertiary/aromatic N) is 1. The molecule has 1 heterocycles. The van der Waals surface area contributed by atoms with Crippen LogP contribution in [0.4, 0.5) is 0 Å². The molecule has 1 aliphatic heterocycles. The van der Waals surface area contributed by atoms with Crippen molar-refractivity contribution in [3.8, 4) is 0 Å². The molecule has 2 fully saturated rings. The Labute approximate surface area is 80.3 Å². The SMILES string of the molecule is CN1C(=O)CCC2(C)CCCCC12. The molecule has 2 rings (SSSR count). The third kappa shape index (κ3) is 1.36. The average Bonchev–Trinajstić information content (AvgIpc) is 2.12. The van der Waals surface area contributed by atoms with Gasteiger partial charge in [0.25, 0.3) is 0 Å². The minimum absolute atomic E-state index is 0.351. The highest BCUT2D eigenvalue weighted by molar-refractivity contribution is 5.77. The fourth-order valence-electron chi connectivity index (χ4n) is 3.08. The Balaban J connectivity index is 2.19. The van der Waals surface area contributed by atoms with Gasteiger partial charge in [-0.15, -0.1) is 0 Å². The summed E-state index contributed by atoms with van der Waals surface area (Å²) in [6.45, 7) is 2.36. The number of amides is 1. The number of likely N-dealkylation sites (tertiary alicyclic amines) is 1. The molecule has 0 bridgehead atoms. The van der Waals surface area contributed by atoms with E-state index in [2.05, 4.69) is 6.92 Å². The molecule has 2 nitrogen and oxygen atoms in total. The van der Waals surface area contributed by atoms with Crippen LogP contribution in [-0.2, 0) is 4.79 Å². The van der Waals surface area contributed by atoms with Gasteiger partial charge in [-0.1, -0.05) is 19.8 Å². The minimum Gasteiger partial charge on any atom is -0.342 e. The maximum Gasteiger partial charge on any atom is 0.222 e. The molecular formula is C11H19NO. The third-order valence-corrected chi connectivity index (χ3v) is 4.05. The summed E-state index contributed by atoms with van der Waals surface area (Å²) in [5.74, 6) is 0.351. The third-order valence-electron chi connectivity index (χ3n) is 4.05. The van der Waals surface area contributed by atoms with E-state index in [1.807, 2.05) is 11.9 Å². The summed E-state index contributed by atoms with van der Waals surface area (Å²) in [4.78, 5) is 13.5. The Kier molecular flexibility index (Phi) is 2.09. The van der Waals surface area contributed by atoms with Gasteiger partial charge in [-0.3, -0.25) is 4.79 Å². The lowest BCUT2D eigenvalue weighted by Crippen LogP contribution is -2.53.